The van der Waals surface area contributed by atoms with Crippen LogP contribution in [0.1, 0.15) is 66.7 Å². The van der Waals surface area contributed by atoms with Crippen molar-refractivity contribution in [3.63, 3.8) is 0 Å². The number of benzene rings is 1. The lowest BCUT2D eigenvalue weighted by Crippen LogP contribution is -2.14. The average molecular weight is 526 g/mol. The zero-order valence-corrected chi connectivity index (χ0v) is 21.5. The summed E-state index contributed by atoms with van der Waals surface area (Å²) in [6, 6.07) is 9.77. The predicted octanol–water partition coefficient (Wildman–Crippen LogP) is 3.82. The summed E-state index contributed by atoms with van der Waals surface area (Å²) < 4.78 is 0. The van der Waals surface area contributed by atoms with Gasteiger partial charge in [0.2, 0.25) is 0 Å². The summed E-state index contributed by atoms with van der Waals surface area (Å²) in [7, 11) is 0. The van der Waals surface area contributed by atoms with E-state index in [0.29, 0.717) is 42.4 Å². The second kappa shape index (κ2) is 12.8. The molecule has 1 aliphatic rings. The topological polar surface area (TPSA) is 134 Å². The van der Waals surface area contributed by atoms with Gasteiger partial charge in [-0.1, -0.05) is 48.7 Å². The van der Waals surface area contributed by atoms with Gasteiger partial charge in [0, 0.05) is 34.9 Å². The van der Waals surface area contributed by atoms with E-state index in [-0.39, 0.29) is 18.7 Å². The van der Waals surface area contributed by atoms with E-state index in [9.17, 15) is 9.59 Å². The van der Waals surface area contributed by atoms with E-state index in [4.69, 9.17) is 21.8 Å². The first kappa shape index (κ1) is 26.8. The number of aliphatic hydroxyl groups is 1. The fourth-order valence-corrected chi connectivity index (χ4v) is 4.99. The van der Waals surface area contributed by atoms with Gasteiger partial charge in [-0.05, 0) is 72.9 Å². The molecule has 10 heteroatoms. The number of unbranched alkanes of at least 4 members (excludes halogenated alkanes) is 1. The molecule has 1 aromatic carbocycles. The van der Waals surface area contributed by atoms with Gasteiger partial charge >= 0.3 is 5.97 Å². The first-order chi connectivity index (χ1) is 17.9. The van der Waals surface area contributed by atoms with Crippen LogP contribution in [0.4, 0.5) is 0 Å². The van der Waals surface area contributed by atoms with Gasteiger partial charge in [-0.25, -0.2) is 0 Å². The molecule has 1 fully saturated rings. The molecule has 0 radical (unpaired) electrons. The maximum atomic E-state index is 12.8. The summed E-state index contributed by atoms with van der Waals surface area (Å²) in [5.74, 6) is -0.109. The number of nitrogens with one attached hydrogen (secondary N) is 1. The number of hydrogen-bond acceptors (Lipinski definition) is 6. The number of rotatable bonds is 12. The number of halogens is 1. The Kier molecular flexibility index (Phi) is 9.24. The number of hydrogen-bond donors (Lipinski definition) is 3. The van der Waals surface area contributed by atoms with E-state index in [1.807, 2.05) is 30.3 Å². The van der Waals surface area contributed by atoms with E-state index < -0.39 is 5.97 Å². The molecule has 2 aromatic heterocycles. The number of nitrogens with zero attached hydrogens (tertiary/aromatic N) is 4. The number of aromatic nitrogens is 5. The molecular formula is C27H32ClN5O4. The summed E-state index contributed by atoms with van der Waals surface area (Å²) >= 11 is 6.69. The minimum absolute atomic E-state index is 0.0982. The van der Waals surface area contributed by atoms with Crippen molar-refractivity contribution in [2.24, 2.45) is 5.92 Å². The van der Waals surface area contributed by atoms with Crippen LogP contribution >= 0.6 is 11.6 Å². The lowest BCUT2D eigenvalue weighted by Gasteiger charge is -2.14. The monoisotopic (exact) mass is 525 g/mol. The third-order valence-electron chi connectivity index (χ3n) is 6.69. The van der Waals surface area contributed by atoms with Gasteiger partial charge in [0.15, 0.2) is 12.4 Å². The van der Waals surface area contributed by atoms with Crippen molar-refractivity contribution in [1.29, 1.82) is 0 Å². The molecule has 0 aliphatic heterocycles. The molecule has 196 valence electrons. The third-order valence-corrected chi connectivity index (χ3v) is 7.04. The second-order valence-corrected chi connectivity index (χ2v) is 9.88. The predicted molar refractivity (Wildman–Crippen MR) is 140 cm³/mol. The Hall–Kier alpha value is -3.30. The van der Waals surface area contributed by atoms with Crippen molar-refractivity contribution < 1.29 is 15.0 Å². The van der Waals surface area contributed by atoms with Crippen LogP contribution in [0, 0.1) is 5.92 Å². The smallest absolute Gasteiger partial charge is 0.327 e. The molecular weight excluding hydrogens is 494 g/mol. The Morgan fingerprint density at radius 1 is 1.11 bits per heavy atom. The summed E-state index contributed by atoms with van der Waals surface area (Å²) in [6.45, 7) is -0.202. The van der Waals surface area contributed by atoms with Crippen molar-refractivity contribution >= 4 is 23.1 Å². The largest absolute Gasteiger partial charge is 0.480 e. The standard InChI is InChI=1S/C27H32ClN5O4/c28-23-16-21(9-8-19(23)11-13-25-30-32-33(31-25)17-26(35)36)22(15-18-5-1-2-6-18)24-12-10-20(27(37)29-24)7-3-4-14-34/h8-10,12,15-16,18,34H,1-7,11,13-14,17H2,(H,29,37)(H,35,36)/b22-15+. The molecule has 3 N–H and O–H groups in total. The molecule has 0 spiro atoms. The molecule has 0 amide bonds. The van der Waals surface area contributed by atoms with E-state index >= 15 is 0 Å². The Morgan fingerprint density at radius 3 is 2.59 bits per heavy atom. The number of aryl methyl sites for hydroxylation is 3. The number of tetrazole rings is 1. The van der Waals surface area contributed by atoms with Crippen molar-refractivity contribution in [1.82, 2.24) is 25.2 Å². The first-order valence-electron chi connectivity index (χ1n) is 12.8. The van der Waals surface area contributed by atoms with Crippen LogP contribution < -0.4 is 5.56 Å². The Bertz CT molecular complexity index is 1310. The molecule has 37 heavy (non-hydrogen) atoms. The number of aromatic amines is 1. The minimum Gasteiger partial charge on any atom is -0.480 e. The molecule has 3 aromatic rings. The molecule has 0 saturated heterocycles. The van der Waals surface area contributed by atoms with E-state index in [2.05, 4.69) is 26.5 Å². The van der Waals surface area contributed by atoms with Gasteiger partial charge in [0.1, 0.15) is 0 Å². The van der Waals surface area contributed by atoms with Gasteiger partial charge in [-0.2, -0.15) is 4.80 Å². The molecule has 1 aliphatic carbocycles. The van der Waals surface area contributed by atoms with Crippen LogP contribution in [0.2, 0.25) is 5.02 Å². The molecule has 0 unspecified atom stereocenters. The zero-order valence-electron chi connectivity index (χ0n) is 20.7. The Morgan fingerprint density at radius 2 is 1.89 bits per heavy atom. The van der Waals surface area contributed by atoms with Crippen molar-refractivity contribution in [3.8, 4) is 0 Å². The lowest BCUT2D eigenvalue weighted by molar-refractivity contribution is -0.138. The quantitative estimate of drug-likeness (QED) is 0.306. The fourth-order valence-electron chi connectivity index (χ4n) is 4.71. The zero-order chi connectivity index (χ0) is 26.2. The summed E-state index contributed by atoms with van der Waals surface area (Å²) in [5.41, 5.74) is 4.23. The van der Waals surface area contributed by atoms with Crippen LogP contribution in [0.5, 0.6) is 0 Å². The van der Waals surface area contributed by atoms with Gasteiger partial charge in [0.05, 0.1) is 0 Å². The number of carbonyl (C=O) groups is 1. The van der Waals surface area contributed by atoms with Gasteiger partial charge in [0.25, 0.3) is 5.56 Å². The van der Waals surface area contributed by atoms with Gasteiger partial charge < -0.3 is 15.2 Å². The molecule has 0 atom stereocenters. The summed E-state index contributed by atoms with van der Waals surface area (Å²) in [5, 5.41) is 30.3. The number of H-pyrrole nitrogens is 1. The molecule has 1 saturated carbocycles. The van der Waals surface area contributed by atoms with Crippen LogP contribution in [-0.4, -0.2) is 48.0 Å². The van der Waals surface area contributed by atoms with Gasteiger partial charge in [-0.15, -0.1) is 10.2 Å². The van der Waals surface area contributed by atoms with Crippen LogP contribution in [0.25, 0.3) is 5.57 Å². The number of aliphatic hydroxyl groups excluding tert-OH is 1. The highest BCUT2D eigenvalue weighted by Gasteiger charge is 2.17. The number of carboxylic acids is 1. The number of carboxylic acid groups (broad SMARTS) is 1. The van der Waals surface area contributed by atoms with E-state index in [1.54, 1.807) is 0 Å². The minimum atomic E-state index is -1.03. The van der Waals surface area contributed by atoms with Crippen molar-refractivity contribution in [3.05, 3.63) is 80.0 Å². The number of pyridine rings is 1. The molecule has 4 rings (SSSR count). The van der Waals surface area contributed by atoms with Crippen molar-refractivity contribution in [2.75, 3.05) is 6.61 Å². The average Bonchev–Trinajstić information content (AvgIpc) is 3.55. The first-order valence-corrected chi connectivity index (χ1v) is 13.1. The third kappa shape index (κ3) is 7.36. The maximum absolute atomic E-state index is 12.8. The SMILES string of the molecule is O=C(O)Cn1nnc(CCc2ccc(/C(=C\C3CCCC3)c3ccc(CCCCO)c(=O)[nH]3)cc2Cl)n1. The highest BCUT2D eigenvalue weighted by atomic mass is 35.5. The summed E-state index contributed by atoms with van der Waals surface area (Å²) in [4.78, 5) is 27.7. The maximum Gasteiger partial charge on any atom is 0.327 e. The number of allylic oxidation sites excluding steroid dienone is 1. The number of aliphatic carboxylic acids is 1. The lowest BCUT2D eigenvalue weighted by atomic mass is 9.94. The Balaban J connectivity index is 1.54. The van der Waals surface area contributed by atoms with Gasteiger partial charge in [-0.3, -0.25) is 9.59 Å². The second-order valence-electron chi connectivity index (χ2n) is 9.47. The molecule has 2 heterocycles. The molecule has 9 nitrogen and oxygen atoms in total. The summed E-state index contributed by atoms with van der Waals surface area (Å²) in [6.07, 6.45) is 10.1. The fraction of sp³-hybridized carbons (Fsp3) is 0.444. The van der Waals surface area contributed by atoms with E-state index in [0.717, 1.165) is 52.0 Å². The highest BCUT2D eigenvalue weighted by molar-refractivity contribution is 6.31. The van der Waals surface area contributed by atoms with Crippen LogP contribution in [0.15, 0.2) is 41.2 Å². The highest BCUT2D eigenvalue weighted by Crippen LogP contribution is 2.33. The van der Waals surface area contributed by atoms with Crippen LogP contribution in [-0.2, 0) is 30.6 Å². The molecule has 0 bridgehead atoms. The normalized spacial score (nSPS) is 14.4. The van der Waals surface area contributed by atoms with Crippen LogP contribution in [0.3, 0.4) is 0 Å². The Labute approximate surface area is 220 Å². The van der Waals surface area contributed by atoms with Crippen molar-refractivity contribution in [2.45, 2.75) is 64.3 Å². The van der Waals surface area contributed by atoms with E-state index in [1.165, 1.54) is 12.8 Å².